The lowest BCUT2D eigenvalue weighted by Gasteiger charge is -2.43. The van der Waals surface area contributed by atoms with Crippen LogP contribution in [-0.4, -0.2) is 160 Å². The molecule has 8 atom stereocenters. The third kappa shape index (κ3) is 8.24. The number of carboxylic acid groups (broad SMARTS) is 1. The molecule has 21 heteroatoms. The monoisotopic (exact) mass is 898 g/mol. The third-order valence-electron chi connectivity index (χ3n) is 12.8. The Morgan fingerprint density at radius 2 is 1.73 bits per heavy atom. The van der Waals surface area contributed by atoms with Gasteiger partial charge < -0.3 is 53.7 Å². The molecule has 8 rings (SSSR count). The van der Waals surface area contributed by atoms with Crippen LogP contribution in [0.1, 0.15) is 88.1 Å². The van der Waals surface area contributed by atoms with Gasteiger partial charge in [-0.15, -0.1) is 0 Å². The number of phenolic OH excluding ortho intramolecular Hbond substituents is 2. The summed E-state index contributed by atoms with van der Waals surface area (Å²) in [4.78, 5) is 82.5. The second-order valence-electron chi connectivity index (χ2n) is 16.5. The summed E-state index contributed by atoms with van der Waals surface area (Å²) in [5.41, 5.74) is 0.531. The molecule has 3 amide bonds. The van der Waals surface area contributed by atoms with Crippen molar-refractivity contribution in [1.82, 2.24) is 20.7 Å². The van der Waals surface area contributed by atoms with Gasteiger partial charge in [-0.05, 0) is 25.8 Å². The standard InChI is InChI=1S/C42H50N4O16S/c1-19-37-23(46-12-13-59-40(58-3)38(46)62-37)15-28(60-19)61-25-17-42(56,41(55)44-43-26(47)9-14-63-18-27(48)45-10-7-20(8-11-45)39(53)54)16-22-30(25)36(52)32-31(34(22)50)33(49)21-5-4-6-24(57-2)29(21)35(32)51/h4-6,19-20,23,25,28,37-38,40,50,52,56H,7-18H2,1-3H3,(H,43,47)(H,44,55)(H,53,54)/t19-,23-,25-,28-,37+,38+,40-,42-/m0/s1. The average Bonchev–Trinajstić information content (AvgIpc) is 3.66. The Kier molecular flexibility index (Phi) is 12.7. The minimum absolute atomic E-state index is 0.0732. The number of nitrogens with zero attached hydrogens (tertiary/aromatic N) is 2. The fourth-order valence-electron chi connectivity index (χ4n) is 9.60. The van der Waals surface area contributed by atoms with E-state index in [4.69, 9.17) is 28.4 Å². The number of hydrazine groups is 1. The zero-order chi connectivity index (χ0) is 44.9. The van der Waals surface area contributed by atoms with Crippen LogP contribution in [0.5, 0.6) is 17.2 Å². The van der Waals surface area contributed by atoms with Crippen LogP contribution >= 0.6 is 11.8 Å². The van der Waals surface area contributed by atoms with Crippen LogP contribution in [-0.2, 0) is 49.3 Å². The molecule has 0 spiro atoms. The number of hydrogen-bond donors (Lipinski definition) is 6. The van der Waals surface area contributed by atoms with Gasteiger partial charge in [0.2, 0.25) is 17.6 Å². The molecule has 0 aromatic heterocycles. The highest BCUT2D eigenvalue weighted by atomic mass is 32.2. The van der Waals surface area contributed by atoms with Crippen molar-refractivity contribution in [2.24, 2.45) is 5.92 Å². The topological polar surface area (TPSA) is 269 Å². The van der Waals surface area contributed by atoms with E-state index in [1.165, 1.54) is 44.2 Å². The van der Waals surface area contributed by atoms with Gasteiger partial charge in [-0.25, -0.2) is 0 Å². The number of ketones is 2. The van der Waals surface area contributed by atoms with Crippen molar-refractivity contribution < 1.29 is 77.6 Å². The number of likely N-dealkylation sites (tertiary alicyclic amines) is 1. The number of carbonyl (C=O) groups excluding carboxylic acids is 5. The number of amides is 3. The smallest absolute Gasteiger partial charge is 0.306 e. The van der Waals surface area contributed by atoms with Gasteiger partial charge in [0.25, 0.3) is 5.91 Å². The summed E-state index contributed by atoms with van der Waals surface area (Å²) in [6.07, 6.45) is -4.93. The Hall–Kier alpha value is -4.87. The predicted molar refractivity (Wildman–Crippen MR) is 217 cm³/mol. The van der Waals surface area contributed by atoms with Gasteiger partial charge >= 0.3 is 5.97 Å². The van der Waals surface area contributed by atoms with Crippen LogP contribution in [0.4, 0.5) is 0 Å². The number of thioether (sulfide) groups is 1. The molecule has 0 saturated carbocycles. The van der Waals surface area contributed by atoms with Crippen LogP contribution in [0.15, 0.2) is 18.2 Å². The number of phenols is 2. The molecule has 63 heavy (non-hydrogen) atoms. The molecule has 4 heterocycles. The molecule has 2 aromatic rings. The van der Waals surface area contributed by atoms with Crippen LogP contribution in [0.2, 0.25) is 0 Å². The number of aliphatic hydroxyl groups is 1. The molecule has 2 aromatic carbocycles. The average molecular weight is 899 g/mol. The predicted octanol–water partition coefficient (Wildman–Crippen LogP) is 0.744. The lowest BCUT2D eigenvalue weighted by molar-refractivity contribution is -0.256. The normalized spacial score (nSPS) is 29.1. The van der Waals surface area contributed by atoms with Gasteiger partial charge in [-0.2, -0.15) is 11.8 Å². The Bertz CT molecular complexity index is 2200. The molecule has 6 N–H and O–H groups in total. The number of hydrogen-bond acceptors (Lipinski definition) is 17. The third-order valence-corrected chi connectivity index (χ3v) is 13.8. The first kappa shape index (κ1) is 44.7. The van der Waals surface area contributed by atoms with Gasteiger partial charge in [0.1, 0.15) is 23.4 Å². The molecular weight excluding hydrogens is 849 g/mol. The van der Waals surface area contributed by atoms with E-state index in [0.29, 0.717) is 39.1 Å². The number of methoxy groups -OCH3 is 2. The van der Waals surface area contributed by atoms with Gasteiger partial charge in [0.15, 0.2) is 30.2 Å². The van der Waals surface area contributed by atoms with Crippen molar-refractivity contribution in [1.29, 1.82) is 0 Å². The molecule has 340 valence electrons. The highest BCUT2D eigenvalue weighted by Gasteiger charge is 2.55. The number of benzene rings is 2. The van der Waals surface area contributed by atoms with Gasteiger partial charge in [-0.1, -0.05) is 12.1 Å². The largest absolute Gasteiger partial charge is 0.507 e. The molecule has 4 aliphatic heterocycles. The van der Waals surface area contributed by atoms with E-state index < -0.39 is 113 Å². The molecular formula is C42H50N4O16S. The number of morpholine rings is 1. The highest BCUT2D eigenvalue weighted by molar-refractivity contribution is 7.99. The van der Waals surface area contributed by atoms with Gasteiger partial charge in [-0.3, -0.25) is 44.5 Å². The quantitative estimate of drug-likeness (QED) is 0.0880. The summed E-state index contributed by atoms with van der Waals surface area (Å²) >= 11 is 1.19. The van der Waals surface area contributed by atoms with Gasteiger partial charge in [0, 0.05) is 80.9 Å². The second-order valence-corrected chi connectivity index (χ2v) is 17.6. The number of ether oxygens (including phenoxy) is 6. The molecule has 4 fully saturated rings. The number of piperidine rings is 1. The van der Waals surface area contributed by atoms with E-state index in [-0.39, 0.29) is 64.3 Å². The lowest BCUT2D eigenvalue weighted by Crippen LogP contribution is -2.57. The van der Waals surface area contributed by atoms with E-state index >= 15 is 0 Å². The summed E-state index contributed by atoms with van der Waals surface area (Å²) < 4.78 is 35.8. The van der Waals surface area contributed by atoms with Crippen LogP contribution in [0.3, 0.4) is 0 Å². The fourth-order valence-corrected chi connectivity index (χ4v) is 10.4. The van der Waals surface area contributed by atoms with Gasteiger partial charge in [0.05, 0.1) is 54.3 Å². The highest BCUT2D eigenvalue weighted by Crippen LogP contribution is 2.53. The number of carboxylic acids is 1. The molecule has 6 aliphatic rings. The van der Waals surface area contributed by atoms with Crippen molar-refractivity contribution in [2.45, 2.75) is 94.2 Å². The molecule has 4 saturated heterocycles. The van der Waals surface area contributed by atoms with E-state index in [1.54, 1.807) is 11.8 Å². The second kappa shape index (κ2) is 18.0. The van der Waals surface area contributed by atoms with E-state index in [1.807, 2.05) is 0 Å². The van der Waals surface area contributed by atoms with Crippen LogP contribution in [0.25, 0.3) is 0 Å². The maximum atomic E-state index is 14.2. The first-order chi connectivity index (χ1) is 30.1. The Labute approximate surface area is 365 Å². The number of carbonyl (C=O) groups is 6. The zero-order valence-electron chi connectivity index (χ0n) is 34.8. The Balaban J connectivity index is 1.01. The number of nitrogens with one attached hydrogen (secondary N) is 2. The zero-order valence-corrected chi connectivity index (χ0v) is 35.6. The van der Waals surface area contributed by atoms with Crippen molar-refractivity contribution in [3.8, 4) is 17.2 Å². The Morgan fingerprint density at radius 3 is 2.44 bits per heavy atom. The summed E-state index contributed by atoms with van der Waals surface area (Å²) in [7, 11) is 2.84. The number of aromatic hydroxyl groups is 2. The van der Waals surface area contributed by atoms with Crippen molar-refractivity contribution in [2.75, 3.05) is 52.0 Å². The van der Waals surface area contributed by atoms with Crippen molar-refractivity contribution in [3.63, 3.8) is 0 Å². The molecule has 2 aliphatic carbocycles. The van der Waals surface area contributed by atoms with Crippen molar-refractivity contribution in [3.05, 3.63) is 51.6 Å². The van der Waals surface area contributed by atoms with E-state index in [9.17, 15) is 49.2 Å². The minimum Gasteiger partial charge on any atom is -0.507 e. The summed E-state index contributed by atoms with van der Waals surface area (Å²) in [5.74, 6) is -5.93. The minimum atomic E-state index is -2.43. The first-order valence-corrected chi connectivity index (χ1v) is 21.9. The number of rotatable bonds is 11. The number of aliphatic carboxylic acids is 1. The van der Waals surface area contributed by atoms with Crippen LogP contribution < -0.4 is 15.6 Å². The number of fused-ring (bicyclic) bond motifs is 6. The maximum absolute atomic E-state index is 14.2. The SMILES string of the molecule is COc1cccc2c1C(=O)c1c(O)c3c(c(O)c1C2=O)C[C@@](O)(C(=O)NNC(=O)CCSCC(=O)N1CCC(C(=O)O)CC1)C[C@@H]3O[C@H]1C[C@H]2[C@H](O[C@@H]3[C@@H](OC)OCCN32)[C@H](C)O1. The molecule has 0 radical (unpaired) electrons. The molecule has 0 unspecified atom stereocenters. The van der Waals surface area contributed by atoms with Crippen LogP contribution in [0, 0.1) is 5.92 Å². The summed E-state index contributed by atoms with van der Waals surface area (Å²) in [5, 5.41) is 45.3. The lowest BCUT2D eigenvalue weighted by atomic mass is 9.72. The summed E-state index contributed by atoms with van der Waals surface area (Å²) in [6, 6.07) is 4.12. The summed E-state index contributed by atoms with van der Waals surface area (Å²) in [6.45, 7) is 3.38. The fraction of sp³-hybridized carbons (Fsp3) is 0.571. The molecule has 0 bridgehead atoms. The Morgan fingerprint density at radius 1 is 0.984 bits per heavy atom. The van der Waals surface area contributed by atoms with E-state index in [2.05, 4.69) is 15.8 Å². The first-order valence-electron chi connectivity index (χ1n) is 20.8. The maximum Gasteiger partial charge on any atom is 0.306 e. The molecule has 20 nitrogen and oxygen atoms in total. The van der Waals surface area contributed by atoms with Crippen molar-refractivity contribution >= 4 is 47.0 Å². The van der Waals surface area contributed by atoms with E-state index in [0.717, 1.165) is 0 Å².